The van der Waals surface area contributed by atoms with Crippen molar-refractivity contribution in [3.05, 3.63) is 33.8 Å². The zero-order valence-electron chi connectivity index (χ0n) is 7.71. The first kappa shape index (κ1) is 12.1. The standard InChI is InChI=1S/C10H9BrF2O2/c11-9-6(4-5-8(14)15)2-1-3-7(9)10(12)13/h1-3,10H,4-5H2,(H,14,15). The van der Waals surface area contributed by atoms with Crippen LogP contribution in [0.3, 0.4) is 0 Å². The Labute approximate surface area is 94.0 Å². The number of carboxylic acid groups (broad SMARTS) is 1. The summed E-state index contributed by atoms with van der Waals surface area (Å²) in [6.45, 7) is 0. The van der Waals surface area contributed by atoms with Crippen LogP contribution in [0.1, 0.15) is 24.0 Å². The third-order valence-corrected chi connectivity index (χ3v) is 2.92. The second-order valence-corrected chi connectivity index (χ2v) is 3.81. The molecular weight excluding hydrogens is 270 g/mol. The molecule has 0 radical (unpaired) electrons. The molecule has 0 unspecified atom stereocenters. The first-order valence-corrected chi connectivity index (χ1v) is 5.09. The highest BCUT2D eigenvalue weighted by molar-refractivity contribution is 9.10. The summed E-state index contributed by atoms with van der Waals surface area (Å²) in [5, 5.41) is 8.48. The molecule has 0 bridgehead atoms. The molecule has 15 heavy (non-hydrogen) atoms. The zero-order chi connectivity index (χ0) is 11.4. The van der Waals surface area contributed by atoms with E-state index in [9.17, 15) is 13.6 Å². The average Bonchev–Trinajstić information content (AvgIpc) is 2.15. The largest absolute Gasteiger partial charge is 0.481 e. The smallest absolute Gasteiger partial charge is 0.303 e. The van der Waals surface area contributed by atoms with Gasteiger partial charge < -0.3 is 5.11 Å². The Morgan fingerprint density at radius 2 is 2.13 bits per heavy atom. The monoisotopic (exact) mass is 278 g/mol. The molecule has 0 fully saturated rings. The van der Waals surface area contributed by atoms with Gasteiger partial charge in [0, 0.05) is 16.5 Å². The molecule has 0 saturated heterocycles. The van der Waals surface area contributed by atoms with Crippen molar-refractivity contribution in [3.8, 4) is 0 Å². The van der Waals surface area contributed by atoms with Crippen LogP contribution in [0.15, 0.2) is 22.7 Å². The lowest BCUT2D eigenvalue weighted by Gasteiger charge is -2.07. The van der Waals surface area contributed by atoms with E-state index in [4.69, 9.17) is 5.11 Å². The lowest BCUT2D eigenvalue weighted by Crippen LogP contribution is -1.99. The van der Waals surface area contributed by atoms with E-state index in [0.29, 0.717) is 10.0 Å². The fraction of sp³-hybridized carbons (Fsp3) is 0.300. The molecule has 0 spiro atoms. The Balaban J connectivity index is 2.89. The summed E-state index contributed by atoms with van der Waals surface area (Å²) in [5.74, 6) is -0.940. The van der Waals surface area contributed by atoms with Crippen LogP contribution in [0.2, 0.25) is 0 Å². The van der Waals surface area contributed by atoms with Crippen molar-refractivity contribution < 1.29 is 18.7 Å². The van der Waals surface area contributed by atoms with Gasteiger partial charge in [-0.1, -0.05) is 34.1 Å². The minimum atomic E-state index is -2.55. The van der Waals surface area contributed by atoms with Gasteiger partial charge in [0.25, 0.3) is 6.43 Å². The van der Waals surface area contributed by atoms with Gasteiger partial charge >= 0.3 is 5.97 Å². The van der Waals surface area contributed by atoms with Gasteiger partial charge in [-0.05, 0) is 12.0 Å². The molecule has 1 N–H and O–H groups in total. The summed E-state index contributed by atoms with van der Waals surface area (Å²) < 4.78 is 25.2. The van der Waals surface area contributed by atoms with E-state index in [1.54, 1.807) is 6.07 Å². The van der Waals surface area contributed by atoms with Crippen molar-refractivity contribution in [1.29, 1.82) is 0 Å². The summed E-state index contributed by atoms with van der Waals surface area (Å²) in [6.07, 6.45) is -2.37. The topological polar surface area (TPSA) is 37.3 Å². The fourth-order valence-corrected chi connectivity index (χ4v) is 1.84. The summed E-state index contributed by atoms with van der Waals surface area (Å²) in [6, 6.07) is 4.46. The van der Waals surface area contributed by atoms with E-state index in [1.165, 1.54) is 12.1 Å². The van der Waals surface area contributed by atoms with Gasteiger partial charge in [-0.2, -0.15) is 0 Å². The Kier molecular flexibility index (Phi) is 4.20. The number of halogens is 3. The second-order valence-electron chi connectivity index (χ2n) is 3.01. The number of hydrogen-bond acceptors (Lipinski definition) is 1. The molecule has 0 atom stereocenters. The van der Waals surface area contributed by atoms with E-state index in [1.807, 2.05) is 0 Å². The Morgan fingerprint density at radius 1 is 1.47 bits per heavy atom. The number of hydrogen-bond donors (Lipinski definition) is 1. The Hall–Kier alpha value is -0.970. The zero-order valence-corrected chi connectivity index (χ0v) is 9.30. The maximum atomic E-state index is 12.5. The van der Waals surface area contributed by atoms with Crippen LogP contribution in [0.25, 0.3) is 0 Å². The van der Waals surface area contributed by atoms with Crippen molar-refractivity contribution in [2.75, 3.05) is 0 Å². The summed E-state index contributed by atoms with van der Waals surface area (Å²) in [4.78, 5) is 10.3. The van der Waals surface area contributed by atoms with Crippen molar-refractivity contribution in [2.45, 2.75) is 19.3 Å². The number of aryl methyl sites for hydroxylation is 1. The molecule has 1 aromatic rings. The highest BCUT2D eigenvalue weighted by atomic mass is 79.9. The molecule has 0 aliphatic heterocycles. The first-order chi connectivity index (χ1) is 7.02. The van der Waals surface area contributed by atoms with Crippen LogP contribution in [0.5, 0.6) is 0 Å². The third kappa shape index (κ3) is 3.27. The van der Waals surface area contributed by atoms with Crippen LogP contribution in [0.4, 0.5) is 8.78 Å². The minimum absolute atomic E-state index is 0.0642. The van der Waals surface area contributed by atoms with Crippen LogP contribution in [-0.2, 0) is 11.2 Å². The van der Waals surface area contributed by atoms with Crippen molar-refractivity contribution in [1.82, 2.24) is 0 Å². The number of aliphatic carboxylic acids is 1. The van der Waals surface area contributed by atoms with Crippen LogP contribution < -0.4 is 0 Å². The molecule has 0 aromatic heterocycles. The number of carbonyl (C=O) groups is 1. The van der Waals surface area contributed by atoms with Crippen LogP contribution in [0, 0.1) is 0 Å². The van der Waals surface area contributed by atoms with Gasteiger partial charge in [0.15, 0.2) is 0 Å². The molecule has 0 saturated carbocycles. The van der Waals surface area contributed by atoms with E-state index in [-0.39, 0.29) is 18.4 Å². The number of alkyl halides is 2. The average molecular weight is 279 g/mol. The second kappa shape index (κ2) is 5.21. The van der Waals surface area contributed by atoms with Gasteiger partial charge in [0.2, 0.25) is 0 Å². The van der Waals surface area contributed by atoms with E-state index in [2.05, 4.69) is 15.9 Å². The predicted octanol–water partition coefficient (Wildman–Crippen LogP) is 3.40. The highest BCUT2D eigenvalue weighted by Gasteiger charge is 2.14. The molecule has 0 amide bonds. The van der Waals surface area contributed by atoms with E-state index < -0.39 is 12.4 Å². The Morgan fingerprint density at radius 3 is 2.67 bits per heavy atom. The summed E-state index contributed by atoms with van der Waals surface area (Å²) in [5.41, 5.74) is 0.494. The molecule has 82 valence electrons. The SMILES string of the molecule is O=C(O)CCc1cccc(C(F)F)c1Br. The number of rotatable bonds is 4. The maximum Gasteiger partial charge on any atom is 0.303 e. The van der Waals surface area contributed by atoms with Gasteiger partial charge in [0.1, 0.15) is 0 Å². The highest BCUT2D eigenvalue weighted by Crippen LogP contribution is 2.30. The van der Waals surface area contributed by atoms with Crippen molar-refractivity contribution in [3.63, 3.8) is 0 Å². The molecular formula is C10H9BrF2O2. The van der Waals surface area contributed by atoms with Crippen molar-refractivity contribution >= 4 is 21.9 Å². The van der Waals surface area contributed by atoms with Gasteiger partial charge in [0.05, 0.1) is 0 Å². The molecule has 1 aromatic carbocycles. The number of carboxylic acids is 1. The molecule has 0 aliphatic carbocycles. The molecule has 5 heteroatoms. The van der Waals surface area contributed by atoms with Gasteiger partial charge in [-0.25, -0.2) is 8.78 Å². The van der Waals surface area contributed by atoms with Crippen molar-refractivity contribution in [2.24, 2.45) is 0 Å². The normalized spacial score (nSPS) is 10.7. The maximum absolute atomic E-state index is 12.5. The van der Waals surface area contributed by atoms with Gasteiger partial charge in [-0.15, -0.1) is 0 Å². The van der Waals surface area contributed by atoms with Gasteiger partial charge in [-0.3, -0.25) is 4.79 Å². The molecule has 1 rings (SSSR count). The fourth-order valence-electron chi connectivity index (χ4n) is 1.20. The minimum Gasteiger partial charge on any atom is -0.481 e. The first-order valence-electron chi connectivity index (χ1n) is 4.29. The summed E-state index contributed by atoms with van der Waals surface area (Å²) >= 11 is 3.06. The quantitative estimate of drug-likeness (QED) is 0.917. The predicted molar refractivity (Wildman–Crippen MR) is 55.1 cm³/mol. The lowest BCUT2D eigenvalue weighted by molar-refractivity contribution is -0.136. The third-order valence-electron chi connectivity index (χ3n) is 1.95. The molecule has 0 aliphatic rings. The van der Waals surface area contributed by atoms with Crippen LogP contribution in [-0.4, -0.2) is 11.1 Å². The Bertz CT molecular complexity index is 366. The number of benzene rings is 1. The molecule has 2 nitrogen and oxygen atoms in total. The summed E-state index contributed by atoms with van der Waals surface area (Å²) in [7, 11) is 0. The molecule has 0 heterocycles. The lowest BCUT2D eigenvalue weighted by atomic mass is 10.1. The van der Waals surface area contributed by atoms with Crippen LogP contribution >= 0.6 is 15.9 Å². The van der Waals surface area contributed by atoms with E-state index >= 15 is 0 Å². The van der Waals surface area contributed by atoms with E-state index in [0.717, 1.165) is 0 Å².